The zero-order valence-electron chi connectivity index (χ0n) is 17.5. The first-order valence-corrected chi connectivity index (χ1v) is 11.6. The first-order chi connectivity index (χ1) is 15.9. The van der Waals surface area contributed by atoms with Gasteiger partial charge >= 0.3 is 0 Å². The molecule has 1 aliphatic heterocycles. The second kappa shape index (κ2) is 9.86. The summed E-state index contributed by atoms with van der Waals surface area (Å²) < 4.78 is 32.1. The predicted molar refractivity (Wildman–Crippen MR) is 120 cm³/mol. The van der Waals surface area contributed by atoms with Gasteiger partial charge in [0, 0.05) is 24.7 Å². The second-order valence-corrected chi connectivity index (χ2v) is 9.04. The summed E-state index contributed by atoms with van der Waals surface area (Å²) in [5.74, 6) is -1.24. The summed E-state index contributed by atoms with van der Waals surface area (Å²) in [5, 5.41) is 0. The lowest BCUT2D eigenvalue weighted by Crippen LogP contribution is -2.41. The van der Waals surface area contributed by atoms with Gasteiger partial charge in [-0.15, -0.1) is 0 Å². The molecule has 1 fully saturated rings. The third-order valence-corrected chi connectivity index (χ3v) is 6.77. The summed E-state index contributed by atoms with van der Waals surface area (Å²) in [6.45, 7) is 1.15. The molecule has 0 spiro atoms. The standard InChI is InChI=1S/C22H21N5O5S/c28-21(9-8-17-15-23-19-6-1-2-7-20(19)24-17)25-26-22(29)16-4-3-5-18(14-16)33(30,31)27-10-12-32-13-11-27/h1-9,14-15H,10-13H2,(H,25,28)(H,26,29)/b9-8+. The van der Waals surface area contributed by atoms with Crippen molar-refractivity contribution in [1.29, 1.82) is 0 Å². The van der Waals surface area contributed by atoms with Crippen LogP contribution in [0.5, 0.6) is 0 Å². The molecule has 0 atom stereocenters. The first kappa shape index (κ1) is 22.5. The van der Waals surface area contributed by atoms with Crippen LogP contribution in [-0.4, -0.2) is 60.8 Å². The summed E-state index contributed by atoms with van der Waals surface area (Å²) in [6.07, 6.45) is 4.21. The van der Waals surface area contributed by atoms with Gasteiger partial charge in [-0.05, 0) is 36.4 Å². The minimum atomic E-state index is -3.74. The molecule has 0 bridgehead atoms. The molecule has 11 heteroatoms. The topological polar surface area (TPSA) is 131 Å². The molecule has 0 unspecified atom stereocenters. The van der Waals surface area contributed by atoms with Crippen molar-refractivity contribution < 1.29 is 22.7 Å². The van der Waals surface area contributed by atoms with E-state index in [-0.39, 0.29) is 23.5 Å². The predicted octanol–water partition coefficient (Wildman–Crippen LogP) is 1.13. The lowest BCUT2D eigenvalue weighted by Gasteiger charge is -2.26. The lowest BCUT2D eigenvalue weighted by molar-refractivity contribution is -0.117. The number of carbonyl (C=O) groups is 2. The fourth-order valence-corrected chi connectivity index (χ4v) is 4.63. The molecule has 1 aromatic heterocycles. The number of para-hydroxylation sites is 2. The maximum atomic E-state index is 12.8. The van der Waals surface area contributed by atoms with Crippen molar-refractivity contribution in [1.82, 2.24) is 25.1 Å². The molecule has 0 aliphatic carbocycles. The number of hydrazine groups is 1. The largest absolute Gasteiger partial charge is 0.379 e. The van der Waals surface area contributed by atoms with Gasteiger partial charge in [0.25, 0.3) is 11.8 Å². The number of benzene rings is 2. The van der Waals surface area contributed by atoms with E-state index in [0.717, 1.165) is 5.52 Å². The molecule has 0 radical (unpaired) electrons. The van der Waals surface area contributed by atoms with Gasteiger partial charge in [0.05, 0.1) is 41.0 Å². The molecule has 10 nitrogen and oxygen atoms in total. The van der Waals surface area contributed by atoms with Crippen LogP contribution < -0.4 is 10.9 Å². The normalized spacial score (nSPS) is 14.9. The van der Waals surface area contributed by atoms with Crippen LogP contribution >= 0.6 is 0 Å². The lowest BCUT2D eigenvalue weighted by atomic mass is 10.2. The zero-order chi connectivity index (χ0) is 23.3. The highest BCUT2D eigenvalue weighted by molar-refractivity contribution is 7.89. The Hall–Kier alpha value is -3.67. The molecular weight excluding hydrogens is 446 g/mol. The molecule has 2 heterocycles. The number of nitrogens with zero attached hydrogens (tertiary/aromatic N) is 3. The molecule has 2 aromatic carbocycles. The fraction of sp³-hybridized carbons (Fsp3) is 0.182. The van der Waals surface area contributed by atoms with Crippen LogP contribution in [0.1, 0.15) is 16.1 Å². The smallest absolute Gasteiger partial charge is 0.269 e. The van der Waals surface area contributed by atoms with Gasteiger partial charge < -0.3 is 4.74 Å². The zero-order valence-corrected chi connectivity index (χ0v) is 18.3. The number of rotatable bonds is 5. The van der Waals surface area contributed by atoms with Gasteiger partial charge in [0.2, 0.25) is 10.0 Å². The van der Waals surface area contributed by atoms with E-state index in [1.165, 1.54) is 46.9 Å². The van der Waals surface area contributed by atoms with Crippen molar-refractivity contribution in [3.05, 3.63) is 72.1 Å². The van der Waals surface area contributed by atoms with Crippen molar-refractivity contribution in [2.24, 2.45) is 0 Å². The number of amides is 2. The second-order valence-electron chi connectivity index (χ2n) is 7.10. The van der Waals surface area contributed by atoms with Gasteiger partial charge in [0.15, 0.2) is 0 Å². The summed E-state index contributed by atoms with van der Waals surface area (Å²) in [5.41, 5.74) is 6.54. The summed E-state index contributed by atoms with van der Waals surface area (Å²) in [6, 6.07) is 13.0. The van der Waals surface area contributed by atoms with E-state index in [0.29, 0.717) is 24.4 Å². The Bertz CT molecular complexity index is 1320. The van der Waals surface area contributed by atoms with Crippen LogP contribution in [-0.2, 0) is 19.6 Å². The summed E-state index contributed by atoms with van der Waals surface area (Å²) >= 11 is 0. The summed E-state index contributed by atoms with van der Waals surface area (Å²) in [4.78, 5) is 33.1. The van der Waals surface area contributed by atoms with Gasteiger partial charge in [-0.1, -0.05) is 18.2 Å². The van der Waals surface area contributed by atoms with E-state index in [9.17, 15) is 18.0 Å². The highest BCUT2D eigenvalue weighted by Crippen LogP contribution is 2.18. The Morgan fingerprint density at radius 3 is 2.55 bits per heavy atom. The SMILES string of the molecule is O=C(/C=C/c1cnc2ccccc2n1)NNC(=O)c1cccc(S(=O)(=O)N2CCOCC2)c1. The van der Waals surface area contributed by atoms with Crippen LogP contribution in [0.4, 0.5) is 0 Å². The average Bonchev–Trinajstić information content (AvgIpc) is 2.86. The fourth-order valence-electron chi connectivity index (χ4n) is 3.18. The van der Waals surface area contributed by atoms with Gasteiger partial charge in [0.1, 0.15) is 0 Å². The molecular formula is C22H21N5O5S. The number of ether oxygens (including phenoxy) is 1. The van der Waals surface area contributed by atoms with Crippen molar-refractivity contribution in [3.63, 3.8) is 0 Å². The summed E-state index contributed by atoms with van der Waals surface area (Å²) in [7, 11) is -3.74. The molecule has 2 amide bonds. The van der Waals surface area contributed by atoms with Crippen LogP contribution in [0, 0.1) is 0 Å². The highest BCUT2D eigenvalue weighted by atomic mass is 32.2. The van der Waals surface area contributed by atoms with Crippen LogP contribution in [0.2, 0.25) is 0 Å². The minimum Gasteiger partial charge on any atom is -0.379 e. The van der Waals surface area contributed by atoms with Crippen molar-refractivity contribution in [2.45, 2.75) is 4.90 Å². The van der Waals surface area contributed by atoms with E-state index >= 15 is 0 Å². The van der Waals surface area contributed by atoms with E-state index in [2.05, 4.69) is 20.8 Å². The number of aromatic nitrogens is 2. The Balaban J connectivity index is 1.37. The number of sulfonamides is 1. The molecule has 33 heavy (non-hydrogen) atoms. The number of nitrogens with one attached hydrogen (secondary N) is 2. The van der Waals surface area contributed by atoms with Crippen LogP contribution in [0.15, 0.2) is 65.7 Å². The van der Waals surface area contributed by atoms with Crippen LogP contribution in [0.25, 0.3) is 17.1 Å². The van der Waals surface area contributed by atoms with E-state index in [1.807, 2.05) is 24.3 Å². The maximum Gasteiger partial charge on any atom is 0.269 e. The van der Waals surface area contributed by atoms with Crippen molar-refractivity contribution >= 4 is 38.9 Å². The average molecular weight is 468 g/mol. The number of carbonyl (C=O) groups excluding carboxylic acids is 2. The number of hydrogen-bond acceptors (Lipinski definition) is 7. The molecule has 0 saturated carbocycles. The van der Waals surface area contributed by atoms with E-state index in [4.69, 9.17) is 4.74 Å². The number of hydrogen-bond donors (Lipinski definition) is 2. The molecule has 2 N–H and O–H groups in total. The minimum absolute atomic E-state index is 0.00171. The molecule has 4 rings (SSSR count). The van der Waals surface area contributed by atoms with Gasteiger partial charge in [-0.2, -0.15) is 4.31 Å². The molecule has 3 aromatic rings. The van der Waals surface area contributed by atoms with Crippen molar-refractivity contribution in [2.75, 3.05) is 26.3 Å². The van der Waals surface area contributed by atoms with Crippen molar-refractivity contribution in [3.8, 4) is 0 Å². The Morgan fingerprint density at radius 1 is 1.00 bits per heavy atom. The highest BCUT2D eigenvalue weighted by Gasteiger charge is 2.26. The van der Waals surface area contributed by atoms with Gasteiger partial charge in [-0.25, -0.2) is 13.4 Å². The van der Waals surface area contributed by atoms with E-state index < -0.39 is 21.8 Å². The third kappa shape index (κ3) is 5.40. The van der Waals surface area contributed by atoms with Gasteiger partial charge in [-0.3, -0.25) is 25.4 Å². The first-order valence-electron chi connectivity index (χ1n) is 10.1. The maximum absolute atomic E-state index is 12.8. The third-order valence-electron chi connectivity index (χ3n) is 4.88. The Morgan fingerprint density at radius 2 is 1.76 bits per heavy atom. The Kier molecular flexibility index (Phi) is 6.73. The quantitative estimate of drug-likeness (QED) is 0.425. The monoisotopic (exact) mass is 467 g/mol. The number of fused-ring (bicyclic) bond motifs is 1. The molecule has 170 valence electrons. The van der Waals surface area contributed by atoms with Crippen LogP contribution in [0.3, 0.4) is 0 Å². The number of morpholine rings is 1. The Labute approximate surface area is 190 Å². The molecule has 1 aliphatic rings. The van der Waals surface area contributed by atoms with E-state index in [1.54, 1.807) is 0 Å². The molecule has 1 saturated heterocycles.